The predicted molar refractivity (Wildman–Crippen MR) is 57.0 cm³/mol. The van der Waals surface area contributed by atoms with Crippen molar-refractivity contribution in [1.29, 1.82) is 0 Å². The second-order valence-electron chi connectivity index (χ2n) is 4.74. The first-order chi connectivity index (χ1) is 5.23. The zero-order valence-electron chi connectivity index (χ0n) is 9.06. The van der Waals surface area contributed by atoms with E-state index in [1.54, 1.807) is 6.08 Å². The summed E-state index contributed by atoms with van der Waals surface area (Å²) in [5.41, 5.74) is 0. The van der Waals surface area contributed by atoms with Crippen LogP contribution in [0.1, 0.15) is 27.7 Å². The second-order valence-corrected chi connectivity index (χ2v) is 9.98. The summed E-state index contributed by atoms with van der Waals surface area (Å²) in [5.74, 6) is 0. The minimum absolute atomic E-state index is 0.156. The first-order valence-electron chi connectivity index (χ1n) is 4.40. The van der Waals surface area contributed by atoms with Crippen molar-refractivity contribution < 1.29 is 4.79 Å². The van der Waals surface area contributed by atoms with E-state index in [4.69, 9.17) is 0 Å². The normalized spacial score (nSPS) is 13.8. The molecule has 0 rings (SSSR count). The van der Waals surface area contributed by atoms with Gasteiger partial charge in [0.2, 0.25) is 0 Å². The van der Waals surface area contributed by atoms with Crippen LogP contribution in [0.5, 0.6) is 0 Å². The van der Waals surface area contributed by atoms with E-state index in [9.17, 15) is 4.79 Å². The molecule has 0 aliphatic heterocycles. The molecule has 12 heavy (non-hydrogen) atoms. The molecule has 0 aromatic carbocycles. The monoisotopic (exact) mass is 184 g/mol. The lowest BCUT2D eigenvalue weighted by Crippen LogP contribution is -2.45. The summed E-state index contributed by atoms with van der Waals surface area (Å²) in [4.78, 5) is 11.7. The van der Waals surface area contributed by atoms with Crippen molar-refractivity contribution in [3.05, 3.63) is 12.2 Å². The Bertz CT molecular complexity index is 196. The molecule has 0 radical (unpaired) electrons. The van der Waals surface area contributed by atoms with Gasteiger partial charge in [0.15, 0.2) is 0 Å². The number of hydrogen-bond donors (Lipinski definition) is 0. The van der Waals surface area contributed by atoms with Gasteiger partial charge in [0.05, 0.1) is 0 Å². The van der Waals surface area contributed by atoms with Gasteiger partial charge in [0, 0.05) is 0 Å². The fourth-order valence-electron chi connectivity index (χ4n) is 0.729. The lowest BCUT2D eigenvalue weighted by Gasteiger charge is -2.34. The van der Waals surface area contributed by atoms with Crippen LogP contribution in [0.4, 0.5) is 0 Å². The molecular weight excluding hydrogens is 164 g/mol. The zero-order valence-corrected chi connectivity index (χ0v) is 10.1. The maximum absolute atomic E-state index is 11.7. The van der Waals surface area contributed by atoms with Crippen molar-refractivity contribution in [1.82, 2.24) is 0 Å². The van der Waals surface area contributed by atoms with Crippen LogP contribution in [0.25, 0.3) is 0 Å². The maximum Gasteiger partial charge on any atom is 0.137 e. The van der Waals surface area contributed by atoms with Crippen LogP contribution in [0.15, 0.2) is 12.2 Å². The highest BCUT2D eigenvalue weighted by atomic mass is 28.3. The molecular formula is C10H20OSi. The Balaban J connectivity index is 4.74. The molecule has 0 heterocycles. The molecule has 0 saturated carbocycles. The number of carbonyl (C=O) groups is 1. The van der Waals surface area contributed by atoms with Crippen LogP contribution >= 0.6 is 0 Å². The summed E-state index contributed by atoms with van der Waals surface area (Å²) in [6.45, 7) is 12.6. The molecule has 0 amide bonds. The van der Waals surface area contributed by atoms with E-state index in [0.717, 1.165) is 0 Å². The van der Waals surface area contributed by atoms with Crippen LogP contribution in [-0.4, -0.2) is 13.5 Å². The summed E-state index contributed by atoms with van der Waals surface area (Å²) >= 11 is 0. The number of rotatable bonds is 2. The number of allylic oxidation sites excluding steroid dienone is 2. The first kappa shape index (κ1) is 11.6. The van der Waals surface area contributed by atoms with Gasteiger partial charge >= 0.3 is 0 Å². The smallest absolute Gasteiger partial charge is 0.137 e. The van der Waals surface area contributed by atoms with Crippen molar-refractivity contribution in [2.24, 2.45) is 0 Å². The molecule has 0 aromatic heterocycles. The third kappa shape index (κ3) is 2.31. The van der Waals surface area contributed by atoms with Crippen molar-refractivity contribution in [2.45, 2.75) is 45.8 Å². The molecule has 0 fully saturated rings. The number of carbonyl (C=O) groups excluding carboxylic acids is 1. The van der Waals surface area contributed by atoms with Crippen molar-refractivity contribution >= 4 is 13.5 Å². The van der Waals surface area contributed by atoms with Gasteiger partial charge < -0.3 is 4.79 Å². The van der Waals surface area contributed by atoms with Crippen LogP contribution in [0, 0.1) is 0 Å². The van der Waals surface area contributed by atoms with Gasteiger partial charge in [-0.1, -0.05) is 39.9 Å². The minimum atomic E-state index is -1.75. The third-order valence-corrected chi connectivity index (χ3v) is 7.96. The third-order valence-electron chi connectivity index (χ3n) is 2.81. The van der Waals surface area contributed by atoms with E-state index in [-0.39, 0.29) is 5.04 Å². The highest BCUT2D eigenvalue weighted by molar-refractivity contribution is 7.07. The lowest BCUT2D eigenvalue weighted by atomic mass is 10.2. The van der Waals surface area contributed by atoms with Gasteiger partial charge in [-0.25, -0.2) is 0 Å². The van der Waals surface area contributed by atoms with Gasteiger partial charge in [-0.05, 0) is 18.0 Å². The molecule has 0 atom stereocenters. The van der Waals surface area contributed by atoms with Gasteiger partial charge in [-0.15, -0.1) is 0 Å². The van der Waals surface area contributed by atoms with E-state index in [2.05, 4.69) is 33.9 Å². The van der Waals surface area contributed by atoms with Crippen LogP contribution in [-0.2, 0) is 4.79 Å². The van der Waals surface area contributed by atoms with Crippen LogP contribution in [0.3, 0.4) is 0 Å². The second kappa shape index (κ2) is 3.56. The predicted octanol–water partition coefficient (Wildman–Crippen LogP) is 3.18. The first-order valence-corrected chi connectivity index (χ1v) is 7.40. The van der Waals surface area contributed by atoms with Gasteiger partial charge in [-0.3, -0.25) is 0 Å². The molecule has 1 nitrogen and oxygen atoms in total. The average Bonchev–Trinajstić information content (AvgIpc) is 1.85. The minimum Gasteiger partial charge on any atom is -0.301 e. The molecule has 0 unspecified atom stereocenters. The maximum atomic E-state index is 11.7. The molecule has 0 N–H and O–H groups in total. The summed E-state index contributed by atoms with van der Waals surface area (Å²) < 4.78 is 0. The largest absolute Gasteiger partial charge is 0.301 e. The van der Waals surface area contributed by atoms with Gasteiger partial charge in [0.25, 0.3) is 0 Å². The van der Waals surface area contributed by atoms with E-state index in [0.29, 0.717) is 5.41 Å². The topological polar surface area (TPSA) is 17.1 Å². The highest BCUT2D eigenvalue weighted by Crippen LogP contribution is 2.36. The van der Waals surface area contributed by atoms with Gasteiger partial charge in [-0.2, -0.15) is 0 Å². The molecule has 2 heteroatoms. The van der Waals surface area contributed by atoms with Gasteiger partial charge in [0.1, 0.15) is 13.5 Å². The lowest BCUT2D eigenvalue weighted by molar-refractivity contribution is -0.108. The summed E-state index contributed by atoms with van der Waals surface area (Å²) in [7, 11) is -1.75. The van der Waals surface area contributed by atoms with E-state index < -0.39 is 8.07 Å². The standard InChI is InChI=1S/C10H20OSi/c1-7-8-9(11)12(5,6)10(2,3)4/h7-8H,1-6H3/b8-7+. The number of hydrogen-bond acceptors (Lipinski definition) is 1. The SMILES string of the molecule is C/C=C/C(=O)[Si](C)(C)C(C)(C)C. The van der Waals surface area contributed by atoms with Crippen LogP contribution in [0.2, 0.25) is 18.1 Å². The molecule has 70 valence electrons. The molecule has 0 aliphatic rings. The van der Waals surface area contributed by atoms with E-state index in [1.807, 2.05) is 13.0 Å². The summed E-state index contributed by atoms with van der Waals surface area (Å²) in [6.07, 6.45) is 3.56. The molecule has 0 saturated heterocycles. The average molecular weight is 184 g/mol. The Hall–Kier alpha value is -0.373. The Labute approximate surface area is 76.9 Å². The molecule has 0 bridgehead atoms. The van der Waals surface area contributed by atoms with Crippen molar-refractivity contribution in [3.8, 4) is 0 Å². The Kier molecular flexibility index (Phi) is 3.45. The molecule has 0 aromatic rings. The van der Waals surface area contributed by atoms with E-state index >= 15 is 0 Å². The summed E-state index contributed by atoms with van der Waals surface area (Å²) in [6, 6.07) is 0. The quantitative estimate of drug-likeness (QED) is 0.476. The van der Waals surface area contributed by atoms with E-state index in [1.165, 1.54) is 0 Å². The van der Waals surface area contributed by atoms with Crippen LogP contribution < -0.4 is 0 Å². The Morgan fingerprint density at radius 3 is 1.92 bits per heavy atom. The summed E-state index contributed by atoms with van der Waals surface area (Å²) in [5, 5.41) is 0.501. The van der Waals surface area contributed by atoms with Crippen molar-refractivity contribution in [3.63, 3.8) is 0 Å². The van der Waals surface area contributed by atoms with Crippen molar-refractivity contribution in [2.75, 3.05) is 0 Å². The Morgan fingerprint density at radius 1 is 1.25 bits per heavy atom. The zero-order chi connectivity index (χ0) is 9.99. The Morgan fingerprint density at radius 2 is 1.67 bits per heavy atom. The fraction of sp³-hybridized carbons (Fsp3) is 0.700. The molecule has 0 aliphatic carbocycles. The fourth-order valence-corrected chi connectivity index (χ4v) is 2.05. The molecule has 0 spiro atoms. The highest BCUT2D eigenvalue weighted by Gasteiger charge is 2.40.